The van der Waals surface area contributed by atoms with Gasteiger partial charge in [0.25, 0.3) is 0 Å². The van der Waals surface area contributed by atoms with Gasteiger partial charge in [0.1, 0.15) is 5.76 Å². The molecule has 0 spiro atoms. The van der Waals surface area contributed by atoms with Crippen molar-refractivity contribution in [2.75, 3.05) is 12.3 Å². The van der Waals surface area contributed by atoms with Gasteiger partial charge in [-0.05, 0) is 30.3 Å². The largest absolute Gasteiger partial charge is 0.468 e. The molecule has 0 saturated heterocycles. The third-order valence-electron chi connectivity index (χ3n) is 2.58. The van der Waals surface area contributed by atoms with Crippen LogP contribution >= 0.6 is 11.8 Å². The predicted molar refractivity (Wildman–Crippen MR) is 80.0 cm³/mol. The van der Waals surface area contributed by atoms with Crippen LogP contribution in [0.3, 0.4) is 0 Å². The van der Waals surface area contributed by atoms with E-state index in [0.29, 0.717) is 18.0 Å². The Kier molecular flexibility index (Phi) is 4.74. The summed E-state index contributed by atoms with van der Waals surface area (Å²) in [5.74, 6) is 1.41. The number of sulfonamides is 1. The molecule has 0 atom stereocenters. The molecule has 0 radical (unpaired) electrons. The van der Waals surface area contributed by atoms with Crippen molar-refractivity contribution in [1.82, 2.24) is 4.72 Å². The Morgan fingerprint density at radius 3 is 2.80 bits per heavy atom. The number of hydrogen-bond donors (Lipinski definition) is 2. The van der Waals surface area contributed by atoms with Gasteiger partial charge < -0.3 is 10.2 Å². The van der Waals surface area contributed by atoms with Crippen LogP contribution in [0.15, 0.2) is 50.8 Å². The highest BCUT2D eigenvalue weighted by atomic mass is 32.2. The summed E-state index contributed by atoms with van der Waals surface area (Å²) in [7, 11) is -3.46. The van der Waals surface area contributed by atoms with Crippen molar-refractivity contribution >= 4 is 27.5 Å². The first-order valence-electron chi connectivity index (χ1n) is 6.07. The molecule has 1 aromatic carbocycles. The highest BCUT2D eigenvalue weighted by molar-refractivity contribution is 7.98. The molecular weight excluding hydrogens is 296 g/mol. The van der Waals surface area contributed by atoms with E-state index in [2.05, 4.69) is 4.72 Å². The molecule has 1 heterocycles. The summed E-state index contributed by atoms with van der Waals surface area (Å²) >= 11 is 1.44. The number of nitrogen functional groups attached to an aromatic ring is 1. The molecule has 1 aromatic heterocycles. The molecule has 108 valence electrons. The van der Waals surface area contributed by atoms with E-state index in [1.165, 1.54) is 17.8 Å². The summed E-state index contributed by atoms with van der Waals surface area (Å²) in [6, 6.07) is 8.37. The molecule has 2 rings (SSSR count). The van der Waals surface area contributed by atoms with E-state index in [0.717, 1.165) is 10.7 Å². The fourth-order valence-electron chi connectivity index (χ4n) is 1.62. The zero-order valence-electron chi connectivity index (χ0n) is 11.0. The molecule has 0 unspecified atom stereocenters. The molecule has 0 aliphatic carbocycles. The molecule has 0 bridgehead atoms. The van der Waals surface area contributed by atoms with E-state index in [4.69, 9.17) is 10.2 Å². The monoisotopic (exact) mass is 312 g/mol. The zero-order chi connectivity index (χ0) is 14.6. The number of anilines is 1. The highest BCUT2D eigenvalue weighted by Crippen LogP contribution is 2.30. The van der Waals surface area contributed by atoms with Crippen LogP contribution < -0.4 is 10.5 Å². The minimum atomic E-state index is -3.46. The smallest absolute Gasteiger partial charge is 0.240 e. The van der Waals surface area contributed by atoms with E-state index in [-0.39, 0.29) is 4.90 Å². The summed E-state index contributed by atoms with van der Waals surface area (Å²) < 4.78 is 31.6. The summed E-state index contributed by atoms with van der Waals surface area (Å²) in [6.07, 6.45) is 1.60. The first kappa shape index (κ1) is 15.0. The number of hydrogen-bond acceptors (Lipinski definition) is 5. The second kappa shape index (κ2) is 6.34. The van der Waals surface area contributed by atoms with Crippen LogP contribution in [0.5, 0.6) is 0 Å². The molecule has 20 heavy (non-hydrogen) atoms. The van der Waals surface area contributed by atoms with Gasteiger partial charge >= 0.3 is 0 Å². The van der Waals surface area contributed by atoms with Gasteiger partial charge in [-0.15, -0.1) is 11.8 Å². The van der Waals surface area contributed by atoms with E-state index >= 15 is 0 Å². The minimum Gasteiger partial charge on any atom is -0.468 e. The SMILES string of the molecule is CCNS(=O)(=O)c1ccc(N)c(SCc2ccco2)c1. The van der Waals surface area contributed by atoms with Crippen LogP contribution in [0.2, 0.25) is 0 Å². The van der Waals surface area contributed by atoms with Crippen molar-refractivity contribution in [3.63, 3.8) is 0 Å². The van der Waals surface area contributed by atoms with Crippen molar-refractivity contribution in [3.8, 4) is 0 Å². The Morgan fingerprint density at radius 1 is 1.35 bits per heavy atom. The second-order valence-corrected chi connectivity index (χ2v) is 6.85. The first-order valence-corrected chi connectivity index (χ1v) is 8.54. The molecule has 3 N–H and O–H groups in total. The number of benzene rings is 1. The molecule has 5 nitrogen and oxygen atoms in total. The molecule has 2 aromatic rings. The lowest BCUT2D eigenvalue weighted by atomic mass is 10.3. The lowest BCUT2D eigenvalue weighted by Gasteiger charge is -2.09. The normalized spacial score (nSPS) is 11.7. The Morgan fingerprint density at radius 2 is 2.15 bits per heavy atom. The number of nitrogens with two attached hydrogens (primary N) is 1. The van der Waals surface area contributed by atoms with Crippen molar-refractivity contribution in [2.45, 2.75) is 22.5 Å². The van der Waals surface area contributed by atoms with E-state index in [1.54, 1.807) is 25.3 Å². The van der Waals surface area contributed by atoms with Gasteiger partial charge in [0.15, 0.2) is 0 Å². The summed E-state index contributed by atoms with van der Waals surface area (Å²) in [5.41, 5.74) is 6.43. The summed E-state index contributed by atoms with van der Waals surface area (Å²) in [5, 5.41) is 0. The van der Waals surface area contributed by atoms with Gasteiger partial charge in [-0.3, -0.25) is 0 Å². The van der Waals surface area contributed by atoms with Crippen LogP contribution in [0, 0.1) is 0 Å². The molecule has 0 saturated carbocycles. The molecule has 0 amide bonds. The number of nitrogens with one attached hydrogen (secondary N) is 1. The first-order chi connectivity index (χ1) is 9.53. The van der Waals surface area contributed by atoms with Gasteiger partial charge in [-0.2, -0.15) is 0 Å². The van der Waals surface area contributed by atoms with Crippen LogP contribution in [0.4, 0.5) is 5.69 Å². The van der Waals surface area contributed by atoms with E-state index < -0.39 is 10.0 Å². The van der Waals surface area contributed by atoms with E-state index in [9.17, 15) is 8.42 Å². The number of rotatable bonds is 6. The summed E-state index contributed by atoms with van der Waals surface area (Å²) in [6.45, 7) is 2.09. The topological polar surface area (TPSA) is 85.3 Å². The van der Waals surface area contributed by atoms with E-state index in [1.807, 2.05) is 12.1 Å². The fourth-order valence-corrected chi connectivity index (χ4v) is 3.67. The molecule has 0 aliphatic heterocycles. The lowest BCUT2D eigenvalue weighted by molar-refractivity contribution is 0.530. The highest BCUT2D eigenvalue weighted by Gasteiger charge is 2.14. The van der Waals surface area contributed by atoms with Crippen LogP contribution in [-0.4, -0.2) is 15.0 Å². The van der Waals surface area contributed by atoms with Gasteiger partial charge in [0.2, 0.25) is 10.0 Å². The third-order valence-corrected chi connectivity index (χ3v) is 5.22. The van der Waals surface area contributed by atoms with Crippen molar-refractivity contribution in [3.05, 3.63) is 42.4 Å². The minimum absolute atomic E-state index is 0.218. The third kappa shape index (κ3) is 3.56. The van der Waals surface area contributed by atoms with Crippen LogP contribution in [0.1, 0.15) is 12.7 Å². The maximum Gasteiger partial charge on any atom is 0.240 e. The van der Waals surface area contributed by atoms with Crippen molar-refractivity contribution in [2.24, 2.45) is 0 Å². The zero-order valence-corrected chi connectivity index (χ0v) is 12.6. The molecular formula is C13H16N2O3S2. The molecule has 0 aliphatic rings. The maximum absolute atomic E-state index is 11.9. The average molecular weight is 312 g/mol. The maximum atomic E-state index is 11.9. The van der Waals surface area contributed by atoms with Gasteiger partial charge in [-0.1, -0.05) is 6.92 Å². The Labute approximate surface area is 122 Å². The molecule has 0 fully saturated rings. The Bertz CT molecular complexity index is 667. The van der Waals surface area contributed by atoms with Crippen LogP contribution in [0.25, 0.3) is 0 Å². The van der Waals surface area contributed by atoms with Crippen LogP contribution in [-0.2, 0) is 15.8 Å². The average Bonchev–Trinajstić information content (AvgIpc) is 2.90. The summed E-state index contributed by atoms with van der Waals surface area (Å²) in [4.78, 5) is 0.941. The fraction of sp³-hybridized carbons (Fsp3) is 0.231. The van der Waals surface area contributed by atoms with Crippen molar-refractivity contribution in [1.29, 1.82) is 0 Å². The number of thioether (sulfide) groups is 1. The Balaban J connectivity index is 2.20. The molecule has 7 heteroatoms. The number of furan rings is 1. The van der Waals surface area contributed by atoms with Gasteiger partial charge in [0, 0.05) is 17.1 Å². The van der Waals surface area contributed by atoms with Crippen molar-refractivity contribution < 1.29 is 12.8 Å². The predicted octanol–water partition coefficient (Wildman–Crippen LogP) is 2.45. The van der Waals surface area contributed by atoms with Gasteiger partial charge in [0.05, 0.1) is 16.9 Å². The standard InChI is InChI=1S/C13H16N2O3S2/c1-2-15-20(16,17)11-5-6-12(14)13(8-11)19-9-10-4-3-7-18-10/h3-8,15H,2,9,14H2,1H3. The quantitative estimate of drug-likeness (QED) is 0.632. The Hall–Kier alpha value is -1.44. The van der Waals surface area contributed by atoms with Gasteiger partial charge in [-0.25, -0.2) is 13.1 Å². The second-order valence-electron chi connectivity index (χ2n) is 4.07. The lowest BCUT2D eigenvalue weighted by Crippen LogP contribution is -2.23.